The van der Waals surface area contributed by atoms with E-state index in [9.17, 15) is 12.8 Å². The second-order valence-electron chi connectivity index (χ2n) is 4.04. The van der Waals surface area contributed by atoms with Gasteiger partial charge in [0.05, 0.1) is 21.4 Å². The van der Waals surface area contributed by atoms with Crippen LogP contribution in [0.5, 0.6) is 0 Å². The van der Waals surface area contributed by atoms with Gasteiger partial charge in [-0.2, -0.15) is 0 Å². The monoisotopic (exact) mass is 368 g/mol. The van der Waals surface area contributed by atoms with E-state index < -0.39 is 15.8 Å². The summed E-state index contributed by atoms with van der Waals surface area (Å²) in [5, 5.41) is -0.0554. The highest BCUT2D eigenvalue weighted by Gasteiger charge is 2.23. The number of anilines is 2. The van der Waals surface area contributed by atoms with Gasteiger partial charge >= 0.3 is 0 Å². The summed E-state index contributed by atoms with van der Waals surface area (Å²) in [6, 6.07) is 5.91. The molecule has 112 valence electrons. The number of hydrogen-bond acceptors (Lipinski definition) is 3. The van der Waals surface area contributed by atoms with Gasteiger partial charge in [0.2, 0.25) is 0 Å². The Morgan fingerprint density at radius 1 is 1.05 bits per heavy atom. The van der Waals surface area contributed by atoms with E-state index in [1.54, 1.807) is 0 Å². The molecule has 0 saturated carbocycles. The van der Waals surface area contributed by atoms with Gasteiger partial charge in [-0.15, -0.1) is 0 Å². The third-order valence-corrected chi connectivity index (χ3v) is 5.00. The van der Waals surface area contributed by atoms with Crippen LogP contribution in [0.1, 0.15) is 0 Å². The van der Waals surface area contributed by atoms with Crippen molar-refractivity contribution in [3.63, 3.8) is 0 Å². The Morgan fingerprint density at radius 3 is 2.14 bits per heavy atom. The molecule has 0 heterocycles. The van der Waals surface area contributed by atoms with Gasteiger partial charge in [-0.1, -0.05) is 34.8 Å². The summed E-state index contributed by atoms with van der Waals surface area (Å²) in [5.74, 6) is -0.652. The van der Waals surface area contributed by atoms with E-state index in [0.29, 0.717) is 0 Å². The number of hydrogen-bond donors (Lipinski definition) is 2. The molecule has 0 aliphatic carbocycles. The van der Waals surface area contributed by atoms with Crippen LogP contribution in [-0.4, -0.2) is 8.42 Å². The van der Waals surface area contributed by atoms with E-state index in [1.165, 1.54) is 18.2 Å². The molecule has 0 atom stereocenters. The first-order valence-corrected chi connectivity index (χ1v) is 8.05. The van der Waals surface area contributed by atoms with E-state index in [4.69, 9.17) is 40.5 Å². The Kier molecular flexibility index (Phi) is 4.53. The summed E-state index contributed by atoms with van der Waals surface area (Å²) in [4.78, 5) is -0.321. The van der Waals surface area contributed by atoms with Crippen LogP contribution in [0.25, 0.3) is 0 Å². The molecular formula is C12H8Cl3FN2O2S. The number of nitrogens with two attached hydrogens (primary N) is 1. The molecule has 0 unspecified atom stereocenters. The summed E-state index contributed by atoms with van der Waals surface area (Å²) in [6.07, 6.45) is 0. The topological polar surface area (TPSA) is 72.2 Å². The van der Waals surface area contributed by atoms with Gasteiger partial charge in [0.25, 0.3) is 10.0 Å². The summed E-state index contributed by atoms with van der Waals surface area (Å²) in [6.45, 7) is 0. The van der Waals surface area contributed by atoms with Crippen molar-refractivity contribution in [2.75, 3.05) is 10.5 Å². The average molecular weight is 370 g/mol. The van der Waals surface area contributed by atoms with Gasteiger partial charge in [0.1, 0.15) is 10.7 Å². The lowest BCUT2D eigenvalue weighted by Crippen LogP contribution is -2.14. The Balaban J connectivity index is 2.46. The summed E-state index contributed by atoms with van der Waals surface area (Å²) in [5.41, 5.74) is 5.27. The minimum Gasteiger partial charge on any atom is -0.396 e. The van der Waals surface area contributed by atoms with Crippen LogP contribution in [0.3, 0.4) is 0 Å². The van der Waals surface area contributed by atoms with Gasteiger partial charge in [0.15, 0.2) is 0 Å². The van der Waals surface area contributed by atoms with Crippen LogP contribution >= 0.6 is 34.8 Å². The van der Waals surface area contributed by atoms with Crippen molar-refractivity contribution in [3.8, 4) is 0 Å². The van der Waals surface area contributed by atoms with E-state index >= 15 is 0 Å². The third-order valence-electron chi connectivity index (χ3n) is 2.48. The minimum absolute atomic E-state index is 0.0796. The molecule has 0 bridgehead atoms. The molecule has 0 aliphatic heterocycles. The van der Waals surface area contributed by atoms with E-state index in [0.717, 1.165) is 12.1 Å². The zero-order chi connectivity index (χ0) is 15.8. The van der Waals surface area contributed by atoms with Crippen LogP contribution in [0.2, 0.25) is 15.1 Å². The highest BCUT2D eigenvalue weighted by Crippen LogP contribution is 2.34. The van der Waals surface area contributed by atoms with Gasteiger partial charge < -0.3 is 5.73 Å². The van der Waals surface area contributed by atoms with E-state index in [2.05, 4.69) is 4.72 Å². The predicted octanol–water partition coefficient (Wildman–Crippen LogP) is 4.17. The number of nitrogens with one attached hydrogen (secondary N) is 1. The van der Waals surface area contributed by atoms with Crippen molar-refractivity contribution in [1.82, 2.24) is 0 Å². The molecule has 0 spiro atoms. The fourth-order valence-electron chi connectivity index (χ4n) is 1.60. The molecule has 0 radical (unpaired) electrons. The highest BCUT2D eigenvalue weighted by atomic mass is 35.5. The van der Waals surface area contributed by atoms with Gasteiger partial charge in [0, 0.05) is 5.02 Å². The number of halogens is 4. The molecular weight excluding hydrogens is 362 g/mol. The number of rotatable bonds is 3. The summed E-state index contributed by atoms with van der Waals surface area (Å²) in [7, 11) is -4.07. The van der Waals surface area contributed by atoms with Crippen molar-refractivity contribution in [1.29, 1.82) is 0 Å². The van der Waals surface area contributed by atoms with Gasteiger partial charge in [-0.3, -0.25) is 4.72 Å². The van der Waals surface area contributed by atoms with Crippen LogP contribution in [0.4, 0.5) is 15.8 Å². The molecule has 0 fully saturated rings. The first-order chi connectivity index (χ1) is 9.70. The Hall–Kier alpha value is -1.21. The predicted molar refractivity (Wildman–Crippen MR) is 83.1 cm³/mol. The fraction of sp³-hybridized carbons (Fsp3) is 0. The van der Waals surface area contributed by atoms with E-state index in [1.807, 2.05) is 0 Å². The molecule has 4 nitrogen and oxygen atoms in total. The van der Waals surface area contributed by atoms with E-state index in [-0.39, 0.29) is 31.3 Å². The molecule has 3 N–H and O–H groups in total. The van der Waals surface area contributed by atoms with Crippen molar-refractivity contribution in [3.05, 3.63) is 51.2 Å². The third kappa shape index (κ3) is 3.52. The largest absolute Gasteiger partial charge is 0.396 e. The van der Waals surface area contributed by atoms with Crippen molar-refractivity contribution < 1.29 is 12.8 Å². The molecule has 2 rings (SSSR count). The lowest BCUT2D eigenvalue weighted by Gasteiger charge is -2.12. The maximum atomic E-state index is 13.1. The van der Waals surface area contributed by atoms with Crippen LogP contribution < -0.4 is 10.5 Å². The number of benzene rings is 2. The highest BCUT2D eigenvalue weighted by molar-refractivity contribution is 7.93. The molecule has 21 heavy (non-hydrogen) atoms. The number of sulfonamides is 1. The number of nitrogen functional groups attached to an aromatic ring is 1. The lowest BCUT2D eigenvalue weighted by molar-refractivity contribution is 0.601. The first-order valence-electron chi connectivity index (χ1n) is 5.43. The normalized spacial score (nSPS) is 11.4. The standard InChI is InChI=1S/C12H8Cl3FN2O2S/c13-6-3-8(14)12(9(15)4-6)21(19,20)18-7-1-2-10(16)11(17)5-7/h1-5,18H,17H2. The van der Waals surface area contributed by atoms with Crippen molar-refractivity contribution in [2.24, 2.45) is 0 Å². The van der Waals surface area contributed by atoms with Gasteiger partial charge in [-0.05, 0) is 30.3 Å². The summed E-state index contributed by atoms with van der Waals surface area (Å²) >= 11 is 17.5. The smallest absolute Gasteiger partial charge is 0.264 e. The quantitative estimate of drug-likeness (QED) is 0.798. The maximum Gasteiger partial charge on any atom is 0.264 e. The Bertz CT molecular complexity index is 789. The van der Waals surface area contributed by atoms with Crippen LogP contribution in [-0.2, 0) is 10.0 Å². The molecule has 0 amide bonds. The van der Waals surface area contributed by atoms with Crippen molar-refractivity contribution in [2.45, 2.75) is 4.90 Å². The first kappa shape index (κ1) is 16.2. The van der Waals surface area contributed by atoms with Crippen LogP contribution in [0, 0.1) is 5.82 Å². The Morgan fingerprint density at radius 2 is 1.62 bits per heavy atom. The average Bonchev–Trinajstić information content (AvgIpc) is 2.31. The maximum absolute atomic E-state index is 13.1. The molecule has 9 heteroatoms. The zero-order valence-corrected chi connectivity index (χ0v) is 13.3. The molecule has 0 aromatic heterocycles. The second-order valence-corrected chi connectivity index (χ2v) is 6.91. The Labute approximate surface area is 135 Å². The zero-order valence-electron chi connectivity index (χ0n) is 10.2. The molecule has 2 aromatic carbocycles. The second kappa shape index (κ2) is 5.88. The fourth-order valence-corrected chi connectivity index (χ4v) is 4.20. The SMILES string of the molecule is Nc1cc(NS(=O)(=O)c2c(Cl)cc(Cl)cc2Cl)ccc1F. The summed E-state index contributed by atoms with van der Waals surface area (Å²) < 4.78 is 39.9. The molecule has 0 saturated heterocycles. The molecule has 0 aliphatic rings. The minimum atomic E-state index is -4.07. The van der Waals surface area contributed by atoms with Gasteiger partial charge in [-0.25, -0.2) is 12.8 Å². The lowest BCUT2D eigenvalue weighted by atomic mass is 10.3. The molecule has 2 aromatic rings. The van der Waals surface area contributed by atoms with Crippen molar-refractivity contribution >= 4 is 56.2 Å². The van der Waals surface area contributed by atoms with Crippen LogP contribution in [0.15, 0.2) is 35.2 Å².